The van der Waals surface area contributed by atoms with Gasteiger partial charge in [-0.1, -0.05) is 6.07 Å². The minimum Gasteiger partial charge on any atom is -0.496 e. The molecule has 2 fully saturated rings. The van der Waals surface area contributed by atoms with Crippen LogP contribution in [0, 0.1) is 5.41 Å². The van der Waals surface area contributed by atoms with Crippen LogP contribution in [-0.4, -0.2) is 50.8 Å². The zero-order valence-electron chi connectivity index (χ0n) is 14.5. The largest absolute Gasteiger partial charge is 0.496 e. The lowest BCUT2D eigenvalue weighted by molar-refractivity contribution is 0.156. The molecule has 1 aromatic rings. The number of rotatable bonds is 4. The molecule has 0 saturated carbocycles. The summed E-state index contributed by atoms with van der Waals surface area (Å²) in [5, 5.41) is 3.44. The molecule has 3 rings (SSSR count). The third kappa shape index (κ3) is 3.86. The van der Waals surface area contributed by atoms with Gasteiger partial charge in [-0.05, 0) is 53.4 Å². The van der Waals surface area contributed by atoms with Crippen molar-refractivity contribution in [3.8, 4) is 5.75 Å². The lowest BCUT2D eigenvalue weighted by Crippen LogP contribution is -2.41. The van der Waals surface area contributed by atoms with E-state index < -0.39 is 0 Å². The Kier molecular flexibility index (Phi) is 5.66. The van der Waals surface area contributed by atoms with E-state index in [1.165, 1.54) is 12.8 Å². The molecule has 1 N–H and O–H groups in total. The second-order valence-electron chi connectivity index (χ2n) is 6.61. The third-order valence-electron chi connectivity index (χ3n) is 4.89. The first-order chi connectivity index (χ1) is 11.7. The van der Waals surface area contributed by atoms with Crippen LogP contribution >= 0.6 is 15.9 Å². The fourth-order valence-corrected chi connectivity index (χ4v) is 4.08. The molecule has 24 heavy (non-hydrogen) atoms. The van der Waals surface area contributed by atoms with Gasteiger partial charge in [0, 0.05) is 31.7 Å². The summed E-state index contributed by atoms with van der Waals surface area (Å²) < 4.78 is 11.9. The number of hydrogen-bond donors (Lipinski definition) is 1. The summed E-state index contributed by atoms with van der Waals surface area (Å²) in [5.74, 6) is 1.85. The predicted octanol–water partition coefficient (Wildman–Crippen LogP) is 3.04. The molecule has 5 nitrogen and oxygen atoms in total. The third-order valence-corrected chi connectivity index (χ3v) is 5.51. The monoisotopic (exact) mass is 395 g/mol. The molecule has 1 unspecified atom stereocenters. The second kappa shape index (κ2) is 7.74. The average Bonchev–Trinajstić information content (AvgIpc) is 3.22. The van der Waals surface area contributed by atoms with Crippen molar-refractivity contribution in [1.82, 2.24) is 10.2 Å². The first kappa shape index (κ1) is 17.5. The molecule has 2 aliphatic rings. The van der Waals surface area contributed by atoms with Crippen LogP contribution in [0.2, 0.25) is 0 Å². The maximum absolute atomic E-state index is 5.63. The van der Waals surface area contributed by atoms with Gasteiger partial charge in [-0.3, -0.25) is 0 Å². The Bertz CT molecular complexity index is 600. The van der Waals surface area contributed by atoms with Crippen LogP contribution < -0.4 is 10.1 Å². The number of nitrogens with one attached hydrogen (secondary N) is 1. The van der Waals surface area contributed by atoms with Crippen LogP contribution in [0.5, 0.6) is 5.75 Å². The summed E-state index contributed by atoms with van der Waals surface area (Å²) in [7, 11) is 1.68. The fourth-order valence-electron chi connectivity index (χ4n) is 3.49. The highest BCUT2D eigenvalue weighted by atomic mass is 79.9. The van der Waals surface area contributed by atoms with Crippen molar-refractivity contribution in [3.63, 3.8) is 0 Å². The SMILES string of the molecule is CCNC(=NCc1ccc(OC)c(Br)c1)N1CCC2(CCOC2)C1. The number of hydrogen-bond acceptors (Lipinski definition) is 3. The van der Waals surface area contributed by atoms with Crippen LogP contribution in [0.15, 0.2) is 27.7 Å². The molecule has 1 spiro atoms. The van der Waals surface area contributed by atoms with Gasteiger partial charge in [-0.2, -0.15) is 0 Å². The zero-order chi connectivity index (χ0) is 17.0. The van der Waals surface area contributed by atoms with Crippen molar-refractivity contribution >= 4 is 21.9 Å². The van der Waals surface area contributed by atoms with E-state index in [1.54, 1.807) is 7.11 Å². The van der Waals surface area contributed by atoms with Gasteiger partial charge < -0.3 is 19.7 Å². The summed E-state index contributed by atoms with van der Waals surface area (Å²) in [5.41, 5.74) is 1.51. The molecule has 0 aromatic heterocycles. The predicted molar refractivity (Wildman–Crippen MR) is 99.6 cm³/mol. The summed E-state index contributed by atoms with van der Waals surface area (Å²) in [6, 6.07) is 6.11. The maximum atomic E-state index is 5.63. The van der Waals surface area contributed by atoms with E-state index in [9.17, 15) is 0 Å². The highest BCUT2D eigenvalue weighted by Crippen LogP contribution is 2.38. The Morgan fingerprint density at radius 1 is 1.46 bits per heavy atom. The Hall–Kier alpha value is -1.27. The summed E-state index contributed by atoms with van der Waals surface area (Å²) in [4.78, 5) is 7.23. The summed E-state index contributed by atoms with van der Waals surface area (Å²) in [6.45, 7) is 7.56. The second-order valence-corrected chi connectivity index (χ2v) is 7.47. The molecular formula is C18H26BrN3O2. The molecule has 2 aliphatic heterocycles. The van der Waals surface area contributed by atoms with Crippen molar-refractivity contribution in [2.75, 3.05) is 40.0 Å². The van der Waals surface area contributed by atoms with Crippen molar-refractivity contribution in [1.29, 1.82) is 0 Å². The molecular weight excluding hydrogens is 370 g/mol. The van der Waals surface area contributed by atoms with E-state index in [-0.39, 0.29) is 0 Å². The molecule has 6 heteroatoms. The van der Waals surface area contributed by atoms with Crippen LogP contribution in [0.3, 0.4) is 0 Å². The van der Waals surface area contributed by atoms with E-state index in [4.69, 9.17) is 14.5 Å². The van der Waals surface area contributed by atoms with Crippen molar-refractivity contribution in [2.24, 2.45) is 10.4 Å². The number of methoxy groups -OCH3 is 1. The van der Waals surface area contributed by atoms with Gasteiger partial charge in [-0.25, -0.2) is 4.99 Å². The van der Waals surface area contributed by atoms with E-state index >= 15 is 0 Å². The van der Waals surface area contributed by atoms with Crippen molar-refractivity contribution in [3.05, 3.63) is 28.2 Å². The molecule has 0 aliphatic carbocycles. The first-order valence-electron chi connectivity index (χ1n) is 8.59. The summed E-state index contributed by atoms with van der Waals surface area (Å²) in [6.07, 6.45) is 2.37. The maximum Gasteiger partial charge on any atom is 0.194 e. The van der Waals surface area contributed by atoms with Gasteiger partial charge in [0.15, 0.2) is 5.96 Å². The molecule has 1 atom stereocenters. The molecule has 0 bridgehead atoms. The van der Waals surface area contributed by atoms with E-state index in [1.807, 2.05) is 6.07 Å². The number of guanidine groups is 1. The van der Waals surface area contributed by atoms with E-state index in [0.717, 1.165) is 54.6 Å². The average molecular weight is 396 g/mol. The highest BCUT2D eigenvalue weighted by Gasteiger charge is 2.42. The zero-order valence-corrected chi connectivity index (χ0v) is 16.1. The number of ether oxygens (including phenoxy) is 2. The summed E-state index contributed by atoms with van der Waals surface area (Å²) >= 11 is 3.54. The lowest BCUT2D eigenvalue weighted by Gasteiger charge is -2.25. The number of benzene rings is 1. The van der Waals surface area contributed by atoms with Gasteiger partial charge in [0.2, 0.25) is 0 Å². The molecule has 0 amide bonds. The number of likely N-dealkylation sites (tertiary alicyclic amines) is 1. The topological polar surface area (TPSA) is 46.1 Å². The van der Waals surface area contributed by atoms with Gasteiger partial charge in [0.05, 0.1) is 24.7 Å². The molecule has 2 heterocycles. The van der Waals surface area contributed by atoms with E-state index in [2.05, 4.69) is 45.2 Å². The van der Waals surface area contributed by atoms with Crippen LogP contribution in [0.25, 0.3) is 0 Å². The Morgan fingerprint density at radius 2 is 2.33 bits per heavy atom. The van der Waals surface area contributed by atoms with Crippen molar-refractivity contribution in [2.45, 2.75) is 26.3 Å². The van der Waals surface area contributed by atoms with Crippen LogP contribution in [0.4, 0.5) is 0 Å². The Balaban J connectivity index is 1.69. The standard InChI is InChI=1S/C18H26BrN3O2/c1-3-20-17(22-8-6-18(12-22)7-9-24-13-18)21-11-14-4-5-16(23-2)15(19)10-14/h4-5,10H,3,6-9,11-13H2,1-2H3,(H,20,21). The molecule has 1 aromatic carbocycles. The Morgan fingerprint density at radius 3 is 3.00 bits per heavy atom. The van der Waals surface area contributed by atoms with Crippen LogP contribution in [0.1, 0.15) is 25.3 Å². The van der Waals surface area contributed by atoms with Crippen molar-refractivity contribution < 1.29 is 9.47 Å². The quantitative estimate of drug-likeness (QED) is 0.628. The minimum atomic E-state index is 0.347. The van der Waals surface area contributed by atoms with Gasteiger partial charge in [0.1, 0.15) is 5.75 Å². The van der Waals surface area contributed by atoms with Gasteiger partial charge >= 0.3 is 0 Å². The highest BCUT2D eigenvalue weighted by molar-refractivity contribution is 9.10. The molecule has 132 valence electrons. The minimum absolute atomic E-state index is 0.347. The fraction of sp³-hybridized carbons (Fsp3) is 0.611. The molecule has 2 saturated heterocycles. The smallest absolute Gasteiger partial charge is 0.194 e. The lowest BCUT2D eigenvalue weighted by atomic mass is 9.87. The Labute approximate surface area is 152 Å². The van der Waals surface area contributed by atoms with E-state index in [0.29, 0.717) is 12.0 Å². The molecule has 0 radical (unpaired) electrons. The van der Waals surface area contributed by atoms with Crippen LogP contribution in [-0.2, 0) is 11.3 Å². The van der Waals surface area contributed by atoms with Gasteiger partial charge in [-0.15, -0.1) is 0 Å². The number of aliphatic imine (C=N–C) groups is 1. The number of nitrogens with zero attached hydrogens (tertiary/aromatic N) is 2. The first-order valence-corrected chi connectivity index (χ1v) is 9.38. The number of halogens is 1. The normalized spacial score (nSPS) is 24.0. The van der Waals surface area contributed by atoms with Gasteiger partial charge in [0.25, 0.3) is 0 Å².